The lowest BCUT2D eigenvalue weighted by atomic mass is 10.2. The minimum Gasteiger partial charge on any atom is -0.493 e. The first-order valence-corrected chi connectivity index (χ1v) is 6.78. The second kappa shape index (κ2) is 10.2. The third kappa shape index (κ3) is 6.70. The molecule has 0 saturated heterocycles. The lowest BCUT2D eigenvalue weighted by molar-refractivity contribution is 0.352. The van der Waals surface area contributed by atoms with Gasteiger partial charge in [-0.2, -0.15) is 0 Å². The second-order valence-corrected chi connectivity index (χ2v) is 4.21. The van der Waals surface area contributed by atoms with Gasteiger partial charge >= 0.3 is 0 Å². The van der Waals surface area contributed by atoms with Crippen molar-refractivity contribution in [1.82, 2.24) is 0 Å². The maximum absolute atomic E-state index is 5.65. The van der Waals surface area contributed by atoms with Crippen LogP contribution < -0.4 is 9.47 Å². The second-order valence-electron chi connectivity index (χ2n) is 4.21. The molecule has 0 radical (unpaired) electrons. The van der Waals surface area contributed by atoms with Gasteiger partial charge in [0.1, 0.15) is 0 Å². The molecule has 19 heavy (non-hydrogen) atoms. The minimum atomic E-state index is 0.693. The maximum atomic E-state index is 5.65. The van der Waals surface area contributed by atoms with Crippen molar-refractivity contribution < 1.29 is 9.47 Å². The number of rotatable bonds is 6. The predicted molar refractivity (Wildman–Crippen MR) is 83.7 cm³/mol. The molecule has 0 fully saturated rings. The highest BCUT2D eigenvalue weighted by Crippen LogP contribution is 2.30. The topological polar surface area (TPSA) is 18.5 Å². The largest absolute Gasteiger partial charge is 0.493 e. The molecule has 0 bridgehead atoms. The van der Waals surface area contributed by atoms with Crippen LogP contribution in [0.3, 0.4) is 0 Å². The fourth-order valence-electron chi connectivity index (χ4n) is 1.39. The van der Waals surface area contributed by atoms with Crippen LogP contribution >= 0.6 is 0 Å². The summed E-state index contributed by atoms with van der Waals surface area (Å²) < 4.78 is 10.9. The lowest BCUT2D eigenvalue weighted by Crippen LogP contribution is -1.96. The number of hydrogen-bond donors (Lipinski definition) is 0. The Morgan fingerprint density at radius 1 is 1.21 bits per heavy atom. The molecule has 0 aliphatic rings. The normalized spacial score (nSPS) is 9.05. The Balaban J connectivity index is 0.000000982. The van der Waals surface area contributed by atoms with Crippen molar-refractivity contribution in [2.24, 2.45) is 0 Å². The van der Waals surface area contributed by atoms with Crippen molar-refractivity contribution in [1.29, 1.82) is 0 Å². The van der Waals surface area contributed by atoms with Crippen LogP contribution in [0.1, 0.15) is 45.6 Å². The average molecular weight is 262 g/mol. The molecule has 1 aromatic rings. The highest BCUT2D eigenvalue weighted by Gasteiger charge is 2.06. The molecule has 0 aliphatic carbocycles. The summed E-state index contributed by atoms with van der Waals surface area (Å²) in [4.78, 5) is 0. The van der Waals surface area contributed by atoms with Gasteiger partial charge in [-0.1, -0.05) is 52.5 Å². The Kier molecular flexibility index (Phi) is 9.33. The van der Waals surface area contributed by atoms with E-state index in [-0.39, 0.29) is 0 Å². The molecule has 1 rings (SSSR count). The minimum absolute atomic E-state index is 0.693. The van der Waals surface area contributed by atoms with E-state index in [4.69, 9.17) is 9.47 Å². The quantitative estimate of drug-likeness (QED) is 0.635. The number of hydrogen-bond acceptors (Lipinski definition) is 2. The summed E-state index contributed by atoms with van der Waals surface area (Å²) in [6, 6.07) is 5.69. The van der Waals surface area contributed by atoms with E-state index in [1.807, 2.05) is 18.2 Å². The van der Waals surface area contributed by atoms with E-state index >= 15 is 0 Å². The summed E-state index contributed by atoms with van der Waals surface area (Å²) in [6.07, 6.45) is 4.89. The summed E-state index contributed by atoms with van der Waals surface area (Å²) >= 11 is 0. The van der Waals surface area contributed by atoms with Crippen LogP contribution in [0.5, 0.6) is 11.5 Å². The Labute approximate surface area is 117 Å². The highest BCUT2D eigenvalue weighted by molar-refractivity contribution is 5.54. The van der Waals surface area contributed by atoms with E-state index in [0.29, 0.717) is 11.5 Å². The molecule has 1 aromatic carbocycles. The molecule has 0 N–H and O–H groups in total. The Hall–Kier alpha value is -1.70. The number of benzene rings is 1. The van der Waals surface area contributed by atoms with Gasteiger partial charge < -0.3 is 9.47 Å². The van der Waals surface area contributed by atoms with Gasteiger partial charge in [-0.05, 0) is 24.1 Å². The van der Waals surface area contributed by atoms with E-state index in [2.05, 4.69) is 33.9 Å². The van der Waals surface area contributed by atoms with Gasteiger partial charge in [0.15, 0.2) is 11.5 Å². The summed E-state index contributed by atoms with van der Waals surface area (Å²) in [5.41, 5.74) is 1.00. The molecule has 0 atom stereocenters. The highest BCUT2D eigenvalue weighted by atomic mass is 16.5. The summed E-state index contributed by atoms with van der Waals surface area (Å²) in [6.45, 7) is 13.9. The molecule has 2 nitrogen and oxygen atoms in total. The number of allylic oxidation sites excluding steroid dienone is 1. The van der Waals surface area contributed by atoms with Crippen molar-refractivity contribution in [3.8, 4) is 11.5 Å². The van der Waals surface area contributed by atoms with Gasteiger partial charge in [0.2, 0.25) is 0 Å². The summed E-state index contributed by atoms with van der Waals surface area (Å²) in [7, 11) is 1.62. The van der Waals surface area contributed by atoms with Crippen LogP contribution in [-0.2, 0) is 0 Å². The van der Waals surface area contributed by atoms with Gasteiger partial charge in [0.05, 0.1) is 12.9 Å². The van der Waals surface area contributed by atoms with Crippen LogP contribution in [0.25, 0.3) is 6.08 Å². The van der Waals surface area contributed by atoms with Crippen LogP contribution in [0, 0.1) is 0 Å². The third-order valence-corrected chi connectivity index (χ3v) is 2.21. The van der Waals surface area contributed by atoms with Crippen molar-refractivity contribution >= 4 is 6.08 Å². The van der Waals surface area contributed by atoms with Crippen molar-refractivity contribution in [2.75, 3.05) is 7.11 Å². The first kappa shape index (κ1) is 17.3. The number of methoxy groups -OCH3 is 1. The third-order valence-electron chi connectivity index (χ3n) is 2.21. The molecule has 0 unspecified atom stereocenters. The zero-order valence-electron chi connectivity index (χ0n) is 12.7. The van der Waals surface area contributed by atoms with Gasteiger partial charge in [-0.15, -0.1) is 0 Å². The van der Waals surface area contributed by atoms with Crippen LogP contribution in [0.4, 0.5) is 0 Å². The first-order valence-electron chi connectivity index (χ1n) is 6.78. The molecular formula is C17H26O2. The number of ether oxygens (including phenoxy) is 2. The Bertz CT molecular complexity index is 394. The molecule has 0 aromatic heterocycles. The average Bonchev–Trinajstić information content (AvgIpc) is 2.39. The maximum Gasteiger partial charge on any atom is 0.169 e. The lowest BCUT2D eigenvalue weighted by Gasteiger charge is -2.12. The summed E-state index contributed by atoms with van der Waals surface area (Å²) in [5.74, 6) is 2.16. The van der Waals surface area contributed by atoms with Gasteiger partial charge in [0, 0.05) is 6.42 Å². The van der Waals surface area contributed by atoms with E-state index in [9.17, 15) is 0 Å². The van der Waals surface area contributed by atoms with Crippen LogP contribution in [0.15, 0.2) is 37.1 Å². The molecular weight excluding hydrogens is 236 g/mol. The molecule has 0 amide bonds. The Morgan fingerprint density at radius 3 is 2.32 bits per heavy atom. The molecule has 0 heterocycles. The van der Waals surface area contributed by atoms with Crippen molar-refractivity contribution in [3.05, 3.63) is 42.7 Å². The molecule has 2 heteroatoms. The van der Waals surface area contributed by atoms with Crippen molar-refractivity contribution in [2.45, 2.75) is 40.0 Å². The van der Waals surface area contributed by atoms with E-state index in [0.717, 1.165) is 24.2 Å². The molecule has 106 valence electrons. The fourth-order valence-corrected chi connectivity index (χ4v) is 1.39. The zero-order valence-corrected chi connectivity index (χ0v) is 12.7. The first-order chi connectivity index (χ1) is 9.12. The Morgan fingerprint density at radius 2 is 1.84 bits per heavy atom. The molecule has 0 saturated carbocycles. The molecule has 0 aliphatic heterocycles. The van der Waals surface area contributed by atoms with Crippen LogP contribution in [0.2, 0.25) is 0 Å². The predicted octanol–water partition coefficient (Wildman–Crippen LogP) is 5.45. The zero-order chi connectivity index (χ0) is 14.7. The smallest absolute Gasteiger partial charge is 0.169 e. The standard InChI is InChI=1S/C14H18O2.C3H8/c1-5-7-11(3)16-14-10-12(6-2)8-9-13(14)15-4;1-3-2/h6,8-10H,2-3,5,7H2,1,4H3;3H2,1-2H3. The van der Waals surface area contributed by atoms with Crippen LogP contribution in [-0.4, -0.2) is 7.11 Å². The van der Waals surface area contributed by atoms with E-state index < -0.39 is 0 Å². The van der Waals surface area contributed by atoms with Gasteiger partial charge in [-0.3, -0.25) is 0 Å². The SMILES string of the molecule is C=Cc1ccc(OC)c(OC(=C)CCC)c1.CCC. The monoisotopic (exact) mass is 262 g/mol. The molecule has 0 spiro atoms. The van der Waals surface area contributed by atoms with Crippen molar-refractivity contribution in [3.63, 3.8) is 0 Å². The van der Waals surface area contributed by atoms with Gasteiger partial charge in [0.25, 0.3) is 0 Å². The fraction of sp³-hybridized carbons (Fsp3) is 0.412. The van der Waals surface area contributed by atoms with Gasteiger partial charge in [-0.25, -0.2) is 0 Å². The summed E-state index contributed by atoms with van der Waals surface area (Å²) in [5, 5.41) is 0. The van der Waals surface area contributed by atoms with E-state index in [1.54, 1.807) is 13.2 Å². The van der Waals surface area contributed by atoms with E-state index in [1.165, 1.54) is 6.42 Å².